The van der Waals surface area contributed by atoms with Gasteiger partial charge in [0.25, 0.3) is 0 Å². The van der Waals surface area contributed by atoms with Gasteiger partial charge in [0.05, 0.1) is 5.92 Å². The van der Waals surface area contributed by atoms with E-state index in [1.54, 1.807) is 0 Å². The smallest absolute Gasteiger partial charge is 0.308 e. The average Bonchev–Trinajstić information content (AvgIpc) is 2.73. The first kappa shape index (κ1) is 14.9. The van der Waals surface area contributed by atoms with Crippen LogP contribution in [0.15, 0.2) is 18.2 Å². The lowest BCUT2D eigenvalue weighted by Gasteiger charge is -2.45. The summed E-state index contributed by atoms with van der Waals surface area (Å²) in [5, 5.41) is 12.5. The summed E-state index contributed by atoms with van der Waals surface area (Å²) in [5.74, 6) is -3.06. The van der Waals surface area contributed by atoms with Gasteiger partial charge in [-0.25, -0.2) is 8.78 Å². The average molecular weight is 283 g/mol. The van der Waals surface area contributed by atoms with Crippen LogP contribution in [0.1, 0.15) is 26.3 Å². The van der Waals surface area contributed by atoms with Gasteiger partial charge in [0.1, 0.15) is 11.6 Å². The Morgan fingerprint density at radius 3 is 2.55 bits per heavy atom. The monoisotopic (exact) mass is 283 g/mol. The number of rotatable bonds is 2. The number of hydrogen-bond acceptors (Lipinski definition) is 2. The molecule has 0 bridgehead atoms. The van der Waals surface area contributed by atoms with Crippen molar-refractivity contribution in [2.75, 3.05) is 13.1 Å². The van der Waals surface area contributed by atoms with E-state index in [0.29, 0.717) is 6.54 Å². The Kier molecular flexibility index (Phi) is 3.58. The van der Waals surface area contributed by atoms with Crippen LogP contribution in [0.25, 0.3) is 0 Å². The molecule has 1 aromatic rings. The van der Waals surface area contributed by atoms with E-state index in [1.807, 2.05) is 20.8 Å². The minimum absolute atomic E-state index is 0.267. The minimum atomic E-state index is -0.964. The molecule has 2 atom stereocenters. The number of hydrogen-bond donors (Lipinski definition) is 2. The van der Waals surface area contributed by atoms with Gasteiger partial charge < -0.3 is 10.4 Å². The number of aliphatic carboxylic acids is 1. The zero-order valence-electron chi connectivity index (χ0n) is 11.8. The van der Waals surface area contributed by atoms with E-state index >= 15 is 0 Å². The van der Waals surface area contributed by atoms with Crippen LogP contribution in [-0.4, -0.2) is 24.2 Å². The maximum absolute atomic E-state index is 14.3. The highest BCUT2D eigenvalue weighted by Gasteiger charge is 2.56. The van der Waals surface area contributed by atoms with Crippen molar-refractivity contribution < 1.29 is 18.7 Å². The highest BCUT2D eigenvalue weighted by atomic mass is 19.1. The van der Waals surface area contributed by atoms with Gasteiger partial charge in [0.15, 0.2) is 0 Å². The third-order valence-electron chi connectivity index (χ3n) is 4.40. The van der Waals surface area contributed by atoms with E-state index < -0.39 is 34.4 Å². The topological polar surface area (TPSA) is 49.3 Å². The maximum Gasteiger partial charge on any atom is 0.308 e. The number of carboxylic acids is 1. The van der Waals surface area contributed by atoms with Crippen LogP contribution in [0.4, 0.5) is 8.78 Å². The Labute approximate surface area is 117 Å². The summed E-state index contributed by atoms with van der Waals surface area (Å²) in [6, 6.07) is 3.38. The number of nitrogens with one attached hydrogen (secondary N) is 1. The predicted octanol–water partition coefficient (Wildman–Crippen LogP) is 2.55. The second kappa shape index (κ2) is 4.81. The third kappa shape index (κ3) is 2.10. The van der Waals surface area contributed by atoms with E-state index in [9.17, 15) is 18.7 Å². The maximum atomic E-state index is 14.3. The van der Waals surface area contributed by atoms with E-state index in [-0.39, 0.29) is 12.1 Å². The Hall–Kier alpha value is -1.49. The molecular formula is C15H19F2NO2. The molecule has 2 N–H and O–H groups in total. The molecule has 1 heterocycles. The van der Waals surface area contributed by atoms with Gasteiger partial charge in [-0.2, -0.15) is 0 Å². The molecule has 0 radical (unpaired) electrons. The highest BCUT2D eigenvalue weighted by molar-refractivity contribution is 5.74. The van der Waals surface area contributed by atoms with Crippen molar-refractivity contribution in [3.8, 4) is 0 Å². The molecule has 1 aromatic carbocycles. The van der Waals surface area contributed by atoms with Crippen molar-refractivity contribution in [2.24, 2.45) is 11.3 Å². The molecule has 1 fully saturated rings. The van der Waals surface area contributed by atoms with Gasteiger partial charge in [-0.1, -0.05) is 26.8 Å². The molecule has 1 saturated heterocycles. The summed E-state index contributed by atoms with van der Waals surface area (Å²) in [6.45, 7) is 6.30. The molecule has 5 heteroatoms. The molecule has 1 aliphatic heterocycles. The first-order valence-electron chi connectivity index (χ1n) is 6.59. The third-order valence-corrected chi connectivity index (χ3v) is 4.40. The van der Waals surface area contributed by atoms with E-state index in [0.717, 1.165) is 6.07 Å². The van der Waals surface area contributed by atoms with Gasteiger partial charge in [-0.05, 0) is 17.0 Å². The lowest BCUT2D eigenvalue weighted by Crippen LogP contribution is -2.50. The number of carbonyl (C=O) groups is 1. The van der Waals surface area contributed by atoms with Crippen LogP contribution in [0.5, 0.6) is 0 Å². The van der Waals surface area contributed by atoms with E-state index in [2.05, 4.69) is 5.32 Å². The largest absolute Gasteiger partial charge is 0.481 e. The molecule has 20 heavy (non-hydrogen) atoms. The first-order valence-corrected chi connectivity index (χ1v) is 6.59. The zero-order chi connectivity index (χ0) is 15.1. The highest BCUT2D eigenvalue weighted by Crippen LogP contribution is 2.50. The van der Waals surface area contributed by atoms with E-state index in [4.69, 9.17) is 0 Å². The van der Waals surface area contributed by atoms with Crippen LogP contribution in [0.2, 0.25) is 0 Å². The normalized spacial score (nSPS) is 26.8. The molecule has 3 nitrogen and oxygen atoms in total. The number of carboxylic acid groups (broad SMARTS) is 1. The van der Waals surface area contributed by atoms with Crippen molar-refractivity contribution in [1.82, 2.24) is 5.32 Å². The fraction of sp³-hybridized carbons (Fsp3) is 0.533. The van der Waals surface area contributed by atoms with Gasteiger partial charge in [0, 0.05) is 24.6 Å². The van der Waals surface area contributed by atoms with Gasteiger partial charge in [-0.3, -0.25) is 4.79 Å². The van der Waals surface area contributed by atoms with Gasteiger partial charge in [0.2, 0.25) is 0 Å². The predicted molar refractivity (Wildman–Crippen MR) is 71.5 cm³/mol. The summed E-state index contributed by atoms with van der Waals surface area (Å²) in [5.41, 5.74) is -1.13. The van der Waals surface area contributed by atoms with Gasteiger partial charge >= 0.3 is 5.97 Å². The lowest BCUT2D eigenvalue weighted by molar-refractivity contribution is -0.144. The summed E-state index contributed by atoms with van der Waals surface area (Å²) < 4.78 is 27.4. The zero-order valence-corrected chi connectivity index (χ0v) is 11.8. The molecule has 0 aliphatic carbocycles. The Balaban J connectivity index is 2.67. The van der Waals surface area contributed by atoms with Crippen LogP contribution in [0.3, 0.4) is 0 Å². The van der Waals surface area contributed by atoms with Crippen molar-refractivity contribution in [2.45, 2.75) is 26.2 Å². The molecule has 2 rings (SSSR count). The molecule has 0 aromatic heterocycles. The summed E-state index contributed by atoms with van der Waals surface area (Å²) in [6.07, 6.45) is 0. The number of halogens is 2. The van der Waals surface area contributed by atoms with Gasteiger partial charge in [-0.15, -0.1) is 0 Å². The molecular weight excluding hydrogens is 264 g/mol. The summed E-state index contributed by atoms with van der Waals surface area (Å²) in [4.78, 5) is 11.6. The van der Waals surface area contributed by atoms with Crippen molar-refractivity contribution in [1.29, 1.82) is 0 Å². The molecule has 110 valence electrons. The fourth-order valence-electron chi connectivity index (χ4n) is 3.34. The molecule has 0 unspecified atom stereocenters. The van der Waals surface area contributed by atoms with Crippen molar-refractivity contribution >= 4 is 5.97 Å². The second-order valence-electron chi connectivity index (χ2n) is 6.37. The fourth-order valence-corrected chi connectivity index (χ4v) is 3.34. The molecule has 0 saturated carbocycles. The standard InChI is InChI=1S/C15H19F2NO2/c1-14(2,3)15(8-18-7-11(15)13(19)20)10-5-4-9(16)6-12(10)17/h4-6,11,18H,7-8H2,1-3H3,(H,19,20)/t11-,15-/m0/s1. The van der Waals surface area contributed by atoms with Crippen LogP contribution >= 0.6 is 0 Å². The summed E-state index contributed by atoms with van der Waals surface area (Å²) in [7, 11) is 0. The first-order chi connectivity index (χ1) is 9.20. The Morgan fingerprint density at radius 1 is 1.40 bits per heavy atom. The van der Waals surface area contributed by atoms with Crippen LogP contribution in [0, 0.1) is 23.0 Å². The van der Waals surface area contributed by atoms with E-state index in [1.165, 1.54) is 12.1 Å². The molecule has 0 spiro atoms. The minimum Gasteiger partial charge on any atom is -0.481 e. The lowest BCUT2D eigenvalue weighted by atomic mass is 9.57. The quantitative estimate of drug-likeness (QED) is 0.877. The van der Waals surface area contributed by atoms with Crippen LogP contribution in [-0.2, 0) is 10.2 Å². The molecule has 0 amide bonds. The number of benzene rings is 1. The van der Waals surface area contributed by atoms with Crippen molar-refractivity contribution in [3.63, 3.8) is 0 Å². The van der Waals surface area contributed by atoms with Crippen molar-refractivity contribution in [3.05, 3.63) is 35.4 Å². The SMILES string of the molecule is CC(C)(C)[C@]1(c2ccc(F)cc2F)CNC[C@H]1C(=O)O. The van der Waals surface area contributed by atoms with Crippen LogP contribution < -0.4 is 5.32 Å². The Morgan fingerprint density at radius 2 is 2.05 bits per heavy atom. The Bertz CT molecular complexity index is 539. The second-order valence-corrected chi connectivity index (χ2v) is 6.37. The summed E-state index contributed by atoms with van der Waals surface area (Å²) >= 11 is 0. The molecule has 1 aliphatic rings.